The molecule has 4 nitrogen and oxygen atoms in total. The number of rotatable bonds is 7. The minimum Gasteiger partial charge on any atom is -0.376 e. The van der Waals surface area contributed by atoms with Gasteiger partial charge in [-0.05, 0) is 12.8 Å². The Morgan fingerprint density at radius 2 is 1.81 bits per heavy atom. The highest BCUT2D eigenvalue weighted by Crippen LogP contribution is 2.22. The summed E-state index contributed by atoms with van der Waals surface area (Å²) in [5, 5.41) is 9.28. The molecule has 1 fully saturated rings. The highest BCUT2D eigenvalue weighted by atomic mass is 16.2. The van der Waals surface area contributed by atoms with Gasteiger partial charge in [0.15, 0.2) is 0 Å². The van der Waals surface area contributed by atoms with Crippen molar-refractivity contribution in [2.24, 2.45) is 0 Å². The quantitative estimate of drug-likeness (QED) is 0.411. The Morgan fingerprint density at radius 1 is 1.24 bits per heavy atom. The van der Waals surface area contributed by atoms with Crippen molar-refractivity contribution in [3.63, 3.8) is 0 Å². The SMILES string of the molecule is C=CCN(CC=C)C(=O)/C(C#N)=C\N(C)C1CCCCC1. The van der Waals surface area contributed by atoms with Gasteiger partial charge in [-0.15, -0.1) is 13.2 Å². The zero-order valence-corrected chi connectivity index (χ0v) is 12.9. The van der Waals surface area contributed by atoms with E-state index in [1.54, 1.807) is 23.3 Å². The topological polar surface area (TPSA) is 47.3 Å². The van der Waals surface area contributed by atoms with Crippen molar-refractivity contribution in [1.29, 1.82) is 5.26 Å². The van der Waals surface area contributed by atoms with Gasteiger partial charge < -0.3 is 9.80 Å². The molecular formula is C17H25N3O. The first kappa shape index (κ1) is 17.0. The average Bonchev–Trinajstić information content (AvgIpc) is 2.52. The second kappa shape index (κ2) is 9.02. The molecule has 1 saturated carbocycles. The first-order chi connectivity index (χ1) is 10.1. The van der Waals surface area contributed by atoms with Gasteiger partial charge in [0.2, 0.25) is 0 Å². The highest BCUT2D eigenvalue weighted by molar-refractivity contribution is 5.97. The Labute approximate surface area is 128 Å². The van der Waals surface area contributed by atoms with Crippen LogP contribution in [0.4, 0.5) is 0 Å². The lowest BCUT2D eigenvalue weighted by Gasteiger charge is -2.30. The standard InChI is InChI=1S/C17H25N3O/c1-4-11-20(12-5-2)17(21)15(13-18)14-19(3)16-9-7-6-8-10-16/h4-5,14,16H,1-2,6-12H2,3H3/b15-14-. The van der Waals surface area contributed by atoms with Crippen LogP contribution in [0.25, 0.3) is 0 Å². The van der Waals surface area contributed by atoms with Gasteiger partial charge in [0.25, 0.3) is 5.91 Å². The number of carbonyl (C=O) groups is 1. The third kappa shape index (κ3) is 5.11. The van der Waals surface area contributed by atoms with E-state index >= 15 is 0 Å². The summed E-state index contributed by atoms with van der Waals surface area (Å²) in [5.74, 6) is -0.264. The largest absolute Gasteiger partial charge is 0.376 e. The van der Waals surface area contributed by atoms with Gasteiger partial charge in [-0.2, -0.15) is 5.26 Å². The Kier molecular flexibility index (Phi) is 7.31. The summed E-state index contributed by atoms with van der Waals surface area (Å²) in [5.41, 5.74) is 0.173. The monoisotopic (exact) mass is 287 g/mol. The first-order valence-electron chi connectivity index (χ1n) is 7.49. The summed E-state index contributed by atoms with van der Waals surface area (Å²) in [6, 6.07) is 2.46. The maximum absolute atomic E-state index is 12.4. The van der Waals surface area contributed by atoms with Gasteiger partial charge in [-0.1, -0.05) is 31.4 Å². The van der Waals surface area contributed by atoms with Gasteiger partial charge in [0, 0.05) is 32.4 Å². The number of amides is 1. The predicted molar refractivity (Wildman–Crippen MR) is 85.3 cm³/mol. The summed E-state index contributed by atoms with van der Waals surface area (Å²) in [6.07, 6.45) is 11.0. The lowest BCUT2D eigenvalue weighted by Crippen LogP contribution is -2.34. The first-order valence-corrected chi connectivity index (χ1v) is 7.49. The maximum Gasteiger partial charge on any atom is 0.266 e. The average molecular weight is 287 g/mol. The molecule has 1 rings (SSSR count). The van der Waals surface area contributed by atoms with E-state index in [0.717, 1.165) is 12.8 Å². The van der Waals surface area contributed by atoms with Crippen LogP contribution in [-0.4, -0.2) is 41.9 Å². The Balaban J connectivity index is 2.80. The molecule has 0 unspecified atom stereocenters. The second-order valence-electron chi connectivity index (χ2n) is 5.40. The van der Waals surface area contributed by atoms with E-state index < -0.39 is 0 Å². The van der Waals surface area contributed by atoms with E-state index in [1.165, 1.54) is 19.3 Å². The summed E-state index contributed by atoms with van der Waals surface area (Å²) >= 11 is 0. The minimum atomic E-state index is -0.264. The predicted octanol–water partition coefficient (Wildman–Crippen LogP) is 2.86. The van der Waals surface area contributed by atoms with Crippen LogP contribution in [0.1, 0.15) is 32.1 Å². The van der Waals surface area contributed by atoms with Gasteiger partial charge >= 0.3 is 0 Å². The third-order valence-corrected chi connectivity index (χ3v) is 3.82. The van der Waals surface area contributed by atoms with E-state index in [0.29, 0.717) is 19.1 Å². The second-order valence-corrected chi connectivity index (χ2v) is 5.40. The smallest absolute Gasteiger partial charge is 0.266 e. The summed E-state index contributed by atoms with van der Waals surface area (Å²) < 4.78 is 0. The van der Waals surface area contributed by atoms with Crippen molar-refractivity contribution in [1.82, 2.24) is 9.80 Å². The van der Waals surface area contributed by atoms with Gasteiger partial charge in [-0.25, -0.2) is 0 Å². The van der Waals surface area contributed by atoms with Crippen LogP contribution in [-0.2, 0) is 4.79 Å². The van der Waals surface area contributed by atoms with Crippen molar-refractivity contribution < 1.29 is 4.79 Å². The molecule has 0 aliphatic heterocycles. The molecule has 0 aromatic carbocycles. The summed E-state index contributed by atoms with van der Waals surface area (Å²) in [6.45, 7) is 8.11. The maximum atomic E-state index is 12.4. The summed E-state index contributed by atoms with van der Waals surface area (Å²) in [7, 11) is 1.95. The van der Waals surface area contributed by atoms with Crippen molar-refractivity contribution >= 4 is 5.91 Å². The summed E-state index contributed by atoms with van der Waals surface area (Å²) in [4.78, 5) is 16.0. The normalized spacial score (nSPS) is 15.9. The van der Waals surface area contributed by atoms with Crippen LogP contribution in [0.15, 0.2) is 37.1 Å². The molecule has 0 heterocycles. The number of hydrogen-bond acceptors (Lipinski definition) is 3. The van der Waals surface area contributed by atoms with E-state index in [-0.39, 0.29) is 11.5 Å². The van der Waals surface area contributed by atoms with E-state index in [2.05, 4.69) is 13.2 Å². The van der Waals surface area contributed by atoms with Gasteiger partial charge in [0.05, 0.1) is 0 Å². The van der Waals surface area contributed by atoms with Crippen molar-refractivity contribution in [2.45, 2.75) is 38.1 Å². The fraction of sp³-hybridized carbons (Fsp3) is 0.529. The molecule has 0 aromatic heterocycles. The number of carbonyl (C=O) groups excluding carboxylic acids is 1. The van der Waals surface area contributed by atoms with E-state index in [1.807, 2.05) is 18.0 Å². The van der Waals surface area contributed by atoms with Gasteiger partial charge in [-0.3, -0.25) is 4.79 Å². The van der Waals surface area contributed by atoms with Crippen molar-refractivity contribution in [3.05, 3.63) is 37.1 Å². The fourth-order valence-electron chi connectivity index (χ4n) is 2.65. The zero-order chi connectivity index (χ0) is 15.7. The van der Waals surface area contributed by atoms with Crippen molar-refractivity contribution in [2.75, 3.05) is 20.1 Å². The fourth-order valence-corrected chi connectivity index (χ4v) is 2.65. The van der Waals surface area contributed by atoms with Crippen LogP contribution in [0.5, 0.6) is 0 Å². The van der Waals surface area contributed by atoms with Crippen LogP contribution in [0, 0.1) is 11.3 Å². The van der Waals surface area contributed by atoms with E-state index in [9.17, 15) is 10.1 Å². The molecule has 114 valence electrons. The molecule has 0 aromatic rings. The van der Waals surface area contributed by atoms with Gasteiger partial charge in [0.1, 0.15) is 11.6 Å². The Bertz CT molecular complexity index is 431. The van der Waals surface area contributed by atoms with Crippen LogP contribution >= 0.6 is 0 Å². The highest BCUT2D eigenvalue weighted by Gasteiger charge is 2.20. The van der Waals surface area contributed by atoms with Crippen LogP contribution in [0.2, 0.25) is 0 Å². The number of nitriles is 1. The third-order valence-electron chi connectivity index (χ3n) is 3.82. The molecule has 0 saturated heterocycles. The molecule has 21 heavy (non-hydrogen) atoms. The number of hydrogen-bond donors (Lipinski definition) is 0. The lowest BCUT2D eigenvalue weighted by molar-refractivity contribution is -0.125. The van der Waals surface area contributed by atoms with E-state index in [4.69, 9.17) is 0 Å². The minimum absolute atomic E-state index is 0.173. The molecule has 1 aliphatic rings. The Hall–Kier alpha value is -2.02. The molecule has 0 spiro atoms. The zero-order valence-electron chi connectivity index (χ0n) is 12.9. The Morgan fingerprint density at radius 3 is 2.29 bits per heavy atom. The number of nitrogens with zero attached hydrogens (tertiary/aromatic N) is 3. The molecule has 0 atom stereocenters. The molecule has 4 heteroatoms. The lowest BCUT2D eigenvalue weighted by atomic mass is 9.94. The molecule has 0 bridgehead atoms. The molecule has 1 amide bonds. The van der Waals surface area contributed by atoms with Crippen molar-refractivity contribution in [3.8, 4) is 6.07 Å². The molecule has 1 aliphatic carbocycles. The molecule has 0 N–H and O–H groups in total. The van der Waals surface area contributed by atoms with Crippen LogP contribution in [0.3, 0.4) is 0 Å². The van der Waals surface area contributed by atoms with Crippen LogP contribution < -0.4 is 0 Å². The molecule has 0 radical (unpaired) electrons. The molecular weight excluding hydrogens is 262 g/mol.